The average molecular weight is 215 g/mol. The smallest absolute Gasteiger partial charge is 0.337 e. The molecule has 0 saturated carbocycles. The van der Waals surface area contributed by atoms with Crippen molar-refractivity contribution in [3.8, 4) is 0 Å². The highest BCUT2D eigenvalue weighted by Crippen LogP contribution is 2.26. The third-order valence-electron chi connectivity index (χ3n) is 1.50. The molecule has 0 saturated heterocycles. The molecule has 0 bridgehead atoms. The van der Waals surface area contributed by atoms with Crippen molar-refractivity contribution < 1.29 is 9.90 Å². The minimum atomic E-state index is -0.993. The van der Waals surface area contributed by atoms with Crippen molar-refractivity contribution in [3.05, 3.63) is 22.3 Å². The van der Waals surface area contributed by atoms with Crippen molar-refractivity contribution in [3.63, 3.8) is 0 Å². The Morgan fingerprint density at radius 2 is 2.38 bits per heavy atom. The van der Waals surface area contributed by atoms with E-state index in [-0.39, 0.29) is 5.56 Å². The van der Waals surface area contributed by atoms with Crippen LogP contribution >= 0.6 is 22.9 Å². The second-order valence-corrected chi connectivity index (χ2v) is 3.86. The SMILES string of the molecule is O=C(O)c1ccnc2nc(Cl)sc12. The zero-order chi connectivity index (χ0) is 9.42. The van der Waals surface area contributed by atoms with E-state index in [1.54, 1.807) is 0 Å². The Hall–Kier alpha value is -1.20. The van der Waals surface area contributed by atoms with E-state index in [9.17, 15) is 4.79 Å². The molecule has 0 aromatic carbocycles. The van der Waals surface area contributed by atoms with Gasteiger partial charge < -0.3 is 5.11 Å². The van der Waals surface area contributed by atoms with Crippen LogP contribution in [0, 0.1) is 0 Å². The number of carboxylic acid groups (broad SMARTS) is 1. The number of rotatable bonds is 1. The second-order valence-electron chi connectivity index (χ2n) is 2.28. The van der Waals surface area contributed by atoms with Gasteiger partial charge >= 0.3 is 5.97 Å². The number of carbonyl (C=O) groups is 1. The van der Waals surface area contributed by atoms with Crippen LogP contribution in [-0.4, -0.2) is 21.0 Å². The summed E-state index contributed by atoms with van der Waals surface area (Å²) in [6.45, 7) is 0. The fourth-order valence-corrected chi connectivity index (χ4v) is 2.04. The number of halogens is 1. The van der Waals surface area contributed by atoms with Gasteiger partial charge in [0.25, 0.3) is 0 Å². The van der Waals surface area contributed by atoms with Gasteiger partial charge in [-0.25, -0.2) is 14.8 Å². The van der Waals surface area contributed by atoms with Gasteiger partial charge in [0, 0.05) is 6.20 Å². The minimum Gasteiger partial charge on any atom is -0.478 e. The highest BCUT2D eigenvalue weighted by Gasteiger charge is 2.12. The molecule has 0 amide bonds. The van der Waals surface area contributed by atoms with E-state index >= 15 is 0 Å². The monoisotopic (exact) mass is 214 g/mol. The molecular weight excluding hydrogens is 212 g/mol. The van der Waals surface area contributed by atoms with E-state index in [2.05, 4.69) is 9.97 Å². The van der Waals surface area contributed by atoms with Gasteiger partial charge in [-0.1, -0.05) is 22.9 Å². The van der Waals surface area contributed by atoms with Gasteiger partial charge in [0.2, 0.25) is 0 Å². The van der Waals surface area contributed by atoms with Gasteiger partial charge in [-0.05, 0) is 6.07 Å². The van der Waals surface area contributed by atoms with Gasteiger partial charge in [-0.2, -0.15) is 0 Å². The first-order valence-electron chi connectivity index (χ1n) is 3.33. The zero-order valence-electron chi connectivity index (χ0n) is 6.19. The van der Waals surface area contributed by atoms with E-state index in [1.165, 1.54) is 12.3 Å². The summed E-state index contributed by atoms with van der Waals surface area (Å²) in [7, 11) is 0. The first kappa shape index (κ1) is 8.40. The van der Waals surface area contributed by atoms with E-state index in [0.717, 1.165) is 11.3 Å². The summed E-state index contributed by atoms with van der Waals surface area (Å²) < 4.78 is 0.816. The van der Waals surface area contributed by atoms with Crippen LogP contribution in [0.5, 0.6) is 0 Å². The van der Waals surface area contributed by atoms with Crippen LogP contribution in [-0.2, 0) is 0 Å². The predicted molar refractivity (Wildman–Crippen MR) is 49.4 cm³/mol. The third kappa shape index (κ3) is 1.36. The summed E-state index contributed by atoms with van der Waals surface area (Å²) in [4.78, 5) is 18.5. The largest absolute Gasteiger partial charge is 0.478 e. The minimum absolute atomic E-state index is 0.189. The molecule has 0 spiro atoms. The number of aromatic nitrogens is 2. The third-order valence-corrected chi connectivity index (χ3v) is 2.68. The molecular formula is C7H3ClN2O2S. The van der Waals surface area contributed by atoms with Crippen molar-refractivity contribution in [2.75, 3.05) is 0 Å². The van der Waals surface area contributed by atoms with Crippen molar-refractivity contribution in [1.82, 2.24) is 9.97 Å². The molecule has 13 heavy (non-hydrogen) atoms. The van der Waals surface area contributed by atoms with Crippen molar-refractivity contribution >= 4 is 39.3 Å². The number of hydrogen-bond acceptors (Lipinski definition) is 4. The Bertz CT molecular complexity index is 482. The molecule has 2 aromatic rings. The van der Waals surface area contributed by atoms with Crippen molar-refractivity contribution in [2.45, 2.75) is 0 Å². The second kappa shape index (κ2) is 2.93. The number of nitrogens with zero attached hydrogens (tertiary/aromatic N) is 2. The molecule has 0 aliphatic heterocycles. The van der Waals surface area contributed by atoms with Gasteiger partial charge in [-0.15, -0.1) is 0 Å². The summed E-state index contributed by atoms with van der Waals surface area (Å²) in [5, 5.41) is 8.80. The summed E-state index contributed by atoms with van der Waals surface area (Å²) >= 11 is 6.75. The van der Waals surface area contributed by atoms with E-state index in [0.29, 0.717) is 14.8 Å². The van der Waals surface area contributed by atoms with E-state index in [1.807, 2.05) is 0 Å². The van der Waals surface area contributed by atoms with Crippen molar-refractivity contribution in [1.29, 1.82) is 0 Å². The van der Waals surface area contributed by atoms with Crippen LogP contribution in [0.3, 0.4) is 0 Å². The molecule has 66 valence electrons. The number of hydrogen-bond donors (Lipinski definition) is 1. The van der Waals surface area contributed by atoms with Crippen LogP contribution in [0.4, 0.5) is 0 Å². The summed E-state index contributed by atoms with van der Waals surface area (Å²) in [5.74, 6) is -0.993. The first-order valence-corrected chi connectivity index (χ1v) is 4.52. The molecule has 2 aromatic heterocycles. The van der Waals surface area contributed by atoms with E-state index in [4.69, 9.17) is 16.7 Å². The van der Waals surface area contributed by atoms with Gasteiger partial charge in [0.05, 0.1) is 10.3 Å². The average Bonchev–Trinajstić information content (AvgIpc) is 2.43. The Kier molecular flexibility index (Phi) is 1.90. The van der Waals surface area contributed by atoms with Crippen LogP contribution < -0.4 is 0 Å². The first-order chi connectivity index (χ1) is 6.18. The van der Waals surface area contributed by atoms with Gasteiger partial charge in [0.15, 0.2) is 10.1 Å². The topological polar surface area (TPSA) is 63.1 Å². The van der Waals surface area contributed by atoms with Crippen LogP contribution in [0.1, 0.15) is 10.4 Å². The fourth-order valence-electron chi connectivity index (χ4n) is 0.976. The number of carboxylic acids is 1. The highest BCUT2D eigenvalue weighted by molar-refractivity contribution is 7.22. The molecule has 2 heterocycles. The van der Waals surface area contributed by atoms with Gasteiger partial charge in [-0.3, -0.25) is 0 Å². The van der Waals surface area contributed by atoms with E-state index < -0.39 is 5.97 Å². The van der Waals surface area contributed by atoms with Crippen molar-refractivity contribution in [2.24, 2.45) is 0 Å². The maximum atomic E-state index is 10.7. The lowest BCUT2D eigenvalue weighted by atomic mass is 10.3. The van der Waals surface area contributed by atoms with Crippen LogP contribution in [0.2, 0.25) is 4.47 Å². The molecule has 6 heteroatoms. The lowest BCUT2D eigenvalue weighted by Crippen LogP contribution is -1.96. The number of pyridine rings is 1. The van der Waals surface area contributed by atoms with Gasteiger partial charge in [0.1, 0.15) is 0 Å². The Morgan fingerprint density at radius 3 is 3.08 bits per heavy atom. The quantitative estimate of drug-likeness (QED) is 0.789. The highest BCUT2D eigenvalue weighted by atomic mass is 35.5. The Balaban J connectivity index is 2.82. The molecule has 0 atom stereocenters. The Labute approximate surface area is 81.8 Å². The number of aromatic carboxylic acids is 1. The lowest BCUT2D eigenvalue weighted by molar-refractivity contribution is 0.0699. The zero-order valence-corrected chi connectivity index (χ0v) is 7.76. The molecule has 1 N–H and O–H groups in total. The number of fused-ring (bicyclic) bond motifs is 1. The molecule has 0 unspecified atom stereocenters. The maximum Gasteiger partial charge on any atom is 0.337 e. The summed E-state index contributed by atoms with van der Waals surface area (Å²) in [5.41, 5.74) is 0.573. The predicted octanol–water partition coefficient (Wildman–Crippen LogP) is 2.04. The standard InChI is InChI=1S/C7H3ClN2O2S/c8-7-10-5-4(13-7)3(6(11)12)1-2-9-5/h1-2H,(H,11,12). The summed E-state index contributed by atoms with van der Waals surface area (Å²) in [6.07, 6.45) is 1.40. The molecule has 0 aliphatic rings. The molecule has 4 nitrogen and oxygen atoms in total. The van der Waals surface area contributed by atoms with Crippen LogP contribution in [0.15, 0.2) is 12.3 Å². The molecule has 0 radical (unpaired) electrons. The maximum absolute atomic E-state index is 10.7. The normalized spacial score (nSPS) is 10.5. The lowest BCUT2D eigenvalue weighted by Gasteiger charge is -1.92. The van der Waals surface area contributed by atoms with Crippen LogP contribution in [0.25, 0.3) is 10.3 Å². The fraction of sp³-hybridized carbons (Fsp3) is 0. The number of thiazole rings is 1. The summed E-state index contributed by atoms with van der Waals surface area (Å²) in [6, 6.07) is 1.43. The molecule has 0 fully saturated rings. The molecule has 2 rings (SSSR count). The Morgan fingerprint density at radius 1 is 1.62 bits per heavy atom. The molecule has 0 aliphatic carbocycles.